The first-order valence-electron chi connectivity index (χ1n) is 5.09. The van der Waals surface area contributed by atoms with Crippen LogP contribution in [-0.4, -0.2) is 22.9 Å². The van der Waals surface area contributed by atoms with Gasteiger partial charge in [0, 0.05) is 0 Å². The molecular weight excluding hydrogens is 194 g/mol. The first-order chi connectivity index (χ1) is 6.68. The molecule has 1 atom stereocenters. The van der Waals surface area contributed by atoms with Gasteiger partial charge in [-0.05, 0) is 39.5 Å². The van der Waals surface area contributed by atoms with E-state index in [9.17, 15) is 9.59 Å². The van der Waals surface area contributed by atoms with Crippen molar-refractivity contribution in [2.45, 2.75) is 44.7 Å². The number of nitrogens with one attached hydrogen (secondary N) is 1. The van der Waals surface area contributed by atoms with E-state index in [1.807, 2.05) is 0 Å². The van der Waals surface area contributed by atoms with Gasteiger partial charge < -0.3 is 16.8 Å². The summed E-state index contributed by atoms with van der Waals surface area (Å²) in [6.45, 7) is 4.82. The van der Waals surface area contributed by atoms with Gasteiger partial charge in [0.25, 0.3) is 0 Å². The van der Waals surface area contributed by atoms with Crippen LogP contribution in [0.4, 0.5) is 0 Å². The molecule has 1 rings (SSSR count). The molecule has 0 heterocycles. The number of amides is 2. The zero-order valence-electron chi connectivity index (χ0n) is 9.46. The van der Waals surface area contributed by atoms with Crippen molar-refractivity contribution in [2.75, 3.05) is 0 Å². The normalized spacial score (nSPS) is 20.5. The summed E-state index contributed by atoms with van der Waals surface area (Å²) < 4.78 is 0. The fourth-order valence-electron chi connectivity index (χ4n) is 1.35. The molecule has 0 spiro atoms. The van der Waals surface area contributed by atoms with Crippen molar-refractivity contribution in [1.29, 1.82) is 0 Å². The number of hydrogen-bond acceptors (Lipinski definition) is 3. The summed E-state index contributed by atoms with van der Waals surface area (Å²) in [5.41, 5.74) is 9.12. The Labute approximate surface area is 89.6 Å². The fraction of sp³-hybridized carbons (Fsp3) is 0.800. The minimum atomic E-state index is -1.05. The Morgan fingerprint density at radius 2 is 1.73 bits per heavy atom. The van der Waals surface area contributed by atoms with E-state index < -0.39 is 17.0 Å². The van der Waals surface area contributed by atoms with E-state index in [0.717, 1.165) is 12.8 Å². The van der Waals surface area contributed by atoms with Crippen molar-refractivity contribution in [3.63, 3.8) is 0 Å². The van der Waals surface area contributed by atoms with Gasteiger partial charge in [-0.2, -0.15) is 0 Å². The number of nitrogens with two attached hydrogens (primary N) is 2. The average Bonchev–Trinajstić information content (AvgIpc) is 2.84. The van der Waals surface area contributed by atoms with Gasteiger partial charge >= 0.3 is 0 Å². The summed E-state index contributed by atoms with van der Waals surface area (Å²) in [7, 11) is 0. The molecule has 5 nitrogen and oxygen atoms in total. The zero-order chi connectivity index (χ0) is 11.9. The predicted molar refractivity (Wildman–Crippen MR) is 56.7 cm³/mol. The Morgan fingerprint density at radius 3 is 2.07 bits per heavy atom. The highest BCUT2D eigenvalue weighted by atomic mass is 16.2. The first-order valence-corrected chi connectivity index (χ1v) is 5.09. The second-order valence-corrected chi connectivity index (χ2v) is 5.00. The number of rotatable bonds is 4. The number of carbonyl (C=O) groups excluding carboxylic acids is 2. The summed E-state index contributed by atoms with van der Waals surface area (Å²) in [6.07, 6.45) is 1.94. The first kappa shape index (κ1) is 12.0. The van der Waals surface area contributed by atoms with Gasteiger partial charge in [-0.3, -0.25) is 9.59 Å². The van der Waals surface area contributed by atoms with Crippen LogP contribution in [0.5, 0.6) is 0 Å². The highest BCUT2D eigenvalue weighted by molar-refractivity contribution is 5.93. The van der Waals surface area contributed by atoms with Crippen LogP contribution in [0.3, 0.4) is 0 Å². The molecule has 2 amide bonds. The van der Waals surface area contributed by atoms with Gasteiger partial charge in [0.05, 0.1) is 5.54 Å². The van der Waals surface area contributed by atoms with Crippen molar-refractivity contribution in [3.05, 3.63) is 0 Å². The number of carbonyl (C=O) groups is 2. The molecule has 5 heteroatoms. The van der Waals surface area contributed by atoms with E-state index in [-0.39, 0.29) is 11.8 Å². The molecule has 86 valence electrons. The lowest BCUT2D eigenvalue weighted by Crippen LogP contribution is -2.62. The van der Waals surface area contributed by atoms with Crippen molar-refractivity contribution < 1.29 is 9.59 Å². The van der Waals surface area contributed by atoms with E-state index in [1.165, 1.54) is 0 Å². The van der Waals surface area contributed by atoms with Crippen molar-refractivity contribution in [2.24, 2.45) is 17.4 Å². The van der Waals surface area contributed by atoms with Crippen molar-refractivity contribution in [1.82, 2.24) is 5.32 Å². The van der Waals surface area contributed by atoms with E-state index in [0.29, 0.717) is 0 Å². The molecule has 1 fully saturated rings. The van der Waals surface area contributed by atoms with Crippen LogP contribution < -0.4 is 16.8 Å². The Hall–Kier alpha value is -1.10. The molecule has 0 aliphatic heterocycles. The highest BCUT2D eigenvalue weighted by Gasteiger charge is 2.45. The van der Waals surface area contributed by atoms with Crippen LogP contribution in [0.1, 0.15) is 33.6 Å². The molecule has 1 aliphatic rings. The summed E-state index contributed by atoms with van der Waals surface area (Å²) in [6, 6.07) is 0. The van der Waals surface area contributed by atoms with Gasteiger partial charge in [0.2, 0.25) is 11.8 Å². The molecule has 0 aromatic carbocycles. The highest BCUT2D eigenvalue weighted by Crippen LogP contribution is 2.38. The summed E-state index contributed by atoms with van der Waals surface area (Å²) in [4.78, 5) is 22.9. The second kappa shape index (κ2) is 3.48. The Bertz CT molecular complexity index is 293. The molecule has 0 saturated heterocycles. The molecular formula is C10H19N3O2. The lowest BCUT2D eigenvalue weighted by atomic mass is 9.94. The third-order valence-electron chi connectivity index (χ3n) is 2.96. The van der Waals surface area contributed by atoms with Gasteiger partial charge in [0.15, 0.2) is 0 Å². The third-order valence-corrected chi connectivity index (χ3v) is 2.96. The van der Waals surface area contributed by atoms with Crippen LogP contribution in [0.2, 0.25) is 0 Å². The van der Waals surface area contributed by atoms with Crippen LogP contribution >= 0.6 is 0 Å². The van der Waals surface area contributed by atoms with Crippen LogP contribution in [0, 0.1) is 5.92 Å². The SMILES string of the molecule is CC(C)(NC(=O)C(C)(N)C1CC1)C(N)=O. The standard InChI is InChI=1S/C10H19N3O2/c1-9(2,7(11)14)13-8(15)10(3,12)6-4-5-6/h6H,4-5,12H2,1-3H3,(H2,11,14)(H,13,15). The van der Waals surface area contributed by atoms with E-state index in [4.69, 9.17) is 11.5 Å². The molecule has 0 bridgehead atoms. The summed E-state index contributed by atoms with van der Waals surface area (Å²) in [5, 5.41) is 2.58. The maximum Gasteiger partial charge on any atom is 0.242 e. The molecule has 0 radical (unpaired) electrons. The quantitative estimate of drug-likeness (QED) is 0.586. The van der Waals surface area contributed by atoms with Gasteiger partial charge in [-0.1, -0.05) is 0 Å². The van der Waals surface area contributed by atoms with Crippen LogP contribution in [-0.2, 0) is 9.59 Å². The average molecular weight is 213 g/mol. The predicted octanol–water partition coefficient (Wildman–Crippen LogP) is -0.506. The summed E-state index contributed by atoms with van der Waals surface area (Å²) in [5.74, 6) is -0.655. The van der Waals surface area contributed by atoms with Gasteiger partial charge in [-0.25, -0.2) is 0 Å². The minimum Gasteiger partial charge on any atom is -0.368 e. The topological polar surface area (TPSA) is 98.2 Å². The van der Waals surface area contributed by atoms with E-state index in [1.54, 1.807) is 20.8 Å². The molecule has 15 heavy (non-hydrogen) atoms. The Balaban J connectivity index is 2.66. The largest absolute Gasteiger partial charge is 0.368 e. The second-order valence-electron chi connectivity index (χ2n) is 5.00. The zero-order valence-corrected chi connectivity index (χ0v) is 9.46. The molecule has 0 aromatic heterocycles. The van der Waals surface area contributed by atoms with Crippen LogP contribution in [0.25, 0.3) is 0 Å². The Morgan fingerprint density at radius 1 is 1.27 bits per heavy atom. The summed E-state index contributed by atoms with van der Waals surface area (Å²) >= 11 is 0. The van der Waals surface area contributed by atoms with Crippen LogP contribution in [0.15, 0.2) is 0 Å². The van der Waals surface area contributed by atoms with Crippen molar-refractivity contribution >= 4 is 11.8 Å². The number of hydrogen-bond donors (Lipinski definition) is 3. The Kier molecular flexibility index (Phi) is 2.78. The van der Waals surface area contributed by atoms with Crippen molar-refractivity contribution in [3.8, 4) is 0 Å². The lowest BCUT2D eigenvalue weighted by Gasteiger charge is -2.29. The molecule has 1 aliphatic carbocycles. The lowest BCUT2D eigenvalue weighted by molar-refractivity contribution is -0.133. The number of primary amides is 1. The van der Waals surface area contributed by atoms with E-state index in [2.05, 4.69) is 5.32 Å². The van der Waals surface area contributed by atoms with Gasteiger partial charge in [0.1, 0.15) is 5.54 Å². The monoisotopic (exact) mass is 213 g/mol. The molecule has 0 aromatic rings. The van der Waals surface area contributed by atoms with E-state index >= 15 is 0 Å². The minimum absolute atomic E-state index is 0.223. The molecule has 1 unspecified atom stereocenters. The maximum absolute atomic E-state index is 11.8. The maximum atomic E-state index is 11.8. The smallest absolute Gasteiger partial charge is 0.242 e. The fourth-order valence-corrected chi connectivity index (χ4v) is 1.35. The molecule has 5 N–H and O–H groups in total. The van der Waals surface area contributed by atoms with Gasteiger partial charge in [-0.15, -0.1) is 0 Å². The molecule has 1 saturated carbocycles. The third kappa shape index (κ3) is 2.47.